The fraction of sp³-hybridized carbons (Fsp3) is 0.500. The first-order valence-corrected chi connectivity index (χ1v) is 4.30. The number of rotatable bonds is 5. The molecular weight excluding hydrogens is 204 g/mol. The molecule has 0 aliphatic carbocycles. The highest BCUT2D eigenvalue weighted by atomic mass is 16.5. The highest BCUT2D eigenvalue weighted by Gasteiger charge is 2.06. The van der Waals surface area contributed by atoms with Gasteiger partial charge in [-0.1, -0.05) is 0 Å². The van der Waals surface area contributed by atoms with Crippen LogP contribution in [-0.4, -0.2) is 39.1 Å². The summed E-state index contributed by atoms with van der Waals surface area (Å²) < 4.78 is 6.10. The molecule has 84 valence electrons. The lowest BCUT2D eigenvalue weighted by Gasteiger charge is -2.12. The van der Waals surface area contributed by atoms with Gasteiger partial charge in [0.15, 0.2) is 0 Å². The average Bonchev–Trinajstić information content (AvgIpc) is 2.22. The van der Waals surface area contributed by atoms with Gasteiger partial charge in [0.2, 0.25) is 0 Å². The molecule has 1 heterocycles. The summed E-state index contributed by atoms with van der Waals surface area (Å²) in [6.07, 6.45) is 0.538. The summed E-state index contributed by atoms with van der Waals surface area (Å²) >= 11 is 0. The Labute approximate surface area is 84.6 Å². The zero-order chi connectivity index (χ0) is 11.3. The van der Waals surface area contributed by atoms with Crippen molar-refractivity contribution >= 4 is 0 Å². The van der Waals surface area contributed by atoms with Crippen LogP contribution in [0.25, 0.3) is 0 Å². The van der Waals surface area contributed by atoms with Gasteiger partial charge in [0, 0.05) is 12.3 Å². The lowest BCUT2D eigenvalue weighted by molar-refractivity contribution is -0.0513. The number of ether oxygens (including phenoxy) is 1. The molecule has 0 saturated carbocycles. The van der Waals surface area contributed by atoms with Gasteiger partial charge in [-0.25, -0.2) is 4.79 Å². The summed E-state index contributed by atoms with van der Waals surface area (Å²) in [7, 11) is 0. The number of aliphatic hydroxyl groups is 2. The van der Waals surface area contributed by atoms with Gasteiger partial charge < -0.3 is 14.9 Å². The minimum atomic E-state index is -0.733. The van der Waals surface area contributed by atoms with Crippen molar-refractivity contribution in [2.45, 2.75) is 12.8 Å². The Morgan fingerprint density at radius 3 is 2.60 bits per heavy atom. The summed E-state index contributed by atoms with van der Waals surface area (Å²) in [4.78, 5) is 23.9. The molecule has 3 N–H and O–H groups in total. The Morgan fingerprint density at radius 1 is 1.40 bits per heavy atom. The van der Waals surface area contributed by atoms with E-state index in [0.717, 1.165) is 4.57 Å². The van der Waals surface area contributed by atoms with E-state index in [2.05, 4.69) is 0 Å². The van der Waals surface area contributed by atoms with Crippen LogP contribution < -0.4 is 11.2 Å². The molecule has 7 nitrogen and oxygen atoms in total. The van der Waals surface area contributed by atoms with Crippen LogP contribution in [0.3, 0.4) is 0 Å². The highest BCUT2D eigenvalue weighted by molar-refractivity contribution is 4.81. The topological polar surface area (TPSA) is 105 Å². The first-order chi connectivity index (χ1) is 7.17. The number of H-pyrrole nitrogens is 1. The SMILES string of the molecule is O=c1ccn(COC(CO)CO)c(=O)[nH]1. The number of nitrogens with one attached hydrogen (secondary N) is 1. The van der Waals surface area contributed by atoms with Crippen LogP contribution in [0.15, 0.2) is 21.9 Å². The summed E-state index contributed by atoms with van der Waals surface area (Å²) in [5.74, 6) is 0. The van der Waals surface area contributed by atoms with E-state index in [4.69, 9.17) is 14.9 Å². The van der Waals surface area contributed by atoms with Crippen molar-refractivity contribution in [1.82, 2.24) is 9.55 Å². The third-order valence-electron chi connectivity index (χ3n) is 1.75. The minimum absolute atomic E-state index is 0.138. The molecule has 0 bridgehead atoms. The molecule has 0 aromatic carbocycles. The van der Waals surface area contributed by atoms with Gasteiger partial charge in [-0.2, -0.15) is 0 Å². The van der Waals surface area contributed by atoms with Crippen molar-refractivity contribution in [3.8, 4) is 0 Å². The fourth-order valence-electron chi connectivity index (χ4n) is 0.895. The zero-order valence-corrected chi connectivity index (χ0v) is 7.92. The molecule has 0 atom stereocenters. The highest BCUT2D eigenvalue weighted by Crippen LogP contribution is 1.90. The lowest BCUT2D eigenvalue weighted by Crippen LogP contribution is -2.32. The van der Waals surface area contributed by atoms with E-state index in [0.29, 0.717) is 0 Å². The van der Waals surface area contributed by atoms with E-state index in [1.807, 2.05) is 4.98 Å². The van der Waals surface area contributed by atoms with Crippen molar-refractivity contribution in [3.63, 3.8) is 0 Å². The van der Waals surface area contributed by atoms with Crippen LogP contribution >= 0.6 is 0 Å². The lowest BCUT2D eigenvalue weighted by atomic mass is 10.4. The van der Waals surface area contributed by atoms with Crippen molar-refractivity contribution in [2.24, 2.45) is 0 Å². The Hall–Kier alpha value is -1.44. The van der Waals surface area contributed by atoms with Gasteiger partial charge in [-0.3, -0.25) is 14.3 Å². The van der Waals surface area contributed by atoms with Crippen molar-refractivity contribution < 1.29 is 14.9 Å². The number of aromatic amines is 1. The molecule has 0 spiro atoms. The van der Waals surface area contributed by atoms with Crippen molar-refractivity contribution in [2.75, 3.05) is 13.2 Å². The molecule has 0 amide bonds. The Bertz CT molecular complexity index is 406. The minimum Gasteiger partial charge on any atom is -0.394 e. The molecule has 0 radical (unpaired) electrons. The monoisotopic (exact) mass is 216 g/mol. The second kappa shape index (κ2) is 5.44. The maximum atomic E-state index is 11.1. The Morgan fingerprint density at radius 2 is 2.07 bits per heavy atom. The molecular formula is C8H12N2O5. The summed E-state index contributed by atoms with van der Waals surface area (Å²) in [5.41, 5.74) is -1.09. The molecule has 0 aliphatic heterocycles. The van der Waals surface area contributed by atoms with Crippen LogP contribution in [0, 0.1) is 0 Å². The van der Waals surface area contributed by atoms with Crippen LogP contribution in [0.2, 0.25) is 0 Å². The normalized spacial score (nSPS) is 10.9. The van der Waals surface area contributed by atoms with Gasteiger partial charge in [-0.05, 0) is 0 Å². The van der Waals surface area contributed by atoms with E-state index >= 15 is 0 Å². The van der Waals surface area contributed by atoms with Gasteiger partial charge in [0.25, 0.3) is 5.56 Å². The van der Waals surface area contributed by atoms with E-state index in [1.54, 1.807) is 0 Å². The van der Waals surface area contributed by atoms with E-state index in [1.165, 1.54) is 12.3 Å². The number of aliphatic hydroxyl groups excluding tert-OH is 2. The number of hydrogen-bond donors (Lipinski definition) is 3. The van der Waals surface area contributed by atoms with Gasteiger partial charge in [0.1, 0.15) is 12.8 Å². The third-order valence-corrected chi connectivity index (χ3v) is 1.75. The molecule has 15 heavy (non-hydrogen) atoms. The molecule has 0 aliphatic rings. The van der Waals surface area contributed by atoms with Crippen molar-refractivity contribution in [1.29, 1.82) is 0 Å². The first-order valence-electron chi connectivity index (χ1n) is 4.30. The second-order valence-electron chi connectivity index (χ2n) is 2.86. The molecule has 0 unspecified atom stereocenters. The van der Waals surface area contributed by atoms with E-state index in [-0.39, 0.29) is 19.9 Å². The van der Waals surface area contributed by atoms with Crippen LogP contribution in [0.1, 0.15) is 0 Å². The van der Waals surface area contributed by atoms with Gasteiger partial charge in [0.05, 0.1) is 13.2 Å². The van der Waals surface area contributed by atoms with Crippen molar-refractivity contribution in [3.05, 3.63) is 33.1 Å². The standard InChI is InChI=1S/C8H12N2O5/c11-3-6(4-12)15-5-10-2-1-7(13)9-8(10)14/h1-2,6,11-12H,3-5H2,(H,9,13,14). The van der Waals surface area contributed by atoms with Gasteiger partial charge >= 0.3 is 5.69 Å². The van der Waals surface area contributed by atoms with Gasteiger partial charge in [-0.15, -0.1) is 0 Å². The van der Waals surface area contributed by atoms with Crippen LogP contribution in [0.5, 0.6) is 0 Å². The summed E-state index contributed by atoms with van der Waals surface area (Å²) in [6.45, 7) is -0.815. The Kier molecular flexibility index (Phi) is 4.22. The predicted octanol–water partition coefficient (Wildman–Crippen LogP) is -2.14. The largest absolute Gasteiger partial charge is 0.394 e. The number of nitrogens with zero attached hydrogens (tertiary/aromatic N) is 1. The smallest absolute Gasteiger partial charge is 0.330 e. The Balaban J connectivity index is 2.65. The molecule has 1 aromatic rings. The second-order valence-corrected chi connectivity index (χ2v) is 2.86. The summed E-state index contributed by atoms with van der Waals surface area (Å²) in [6, 6.07) is 1.18. The predicted molar refractivity (Wildman–Crippen MR) is 50.4 cm³/mol. The molecule has 0 fully saturated rings. The number of aromatic nitrogens is 2. The quantitative estimate of drug-likeness (QED) is 0.521. The molecule has 1 aromatic heterocycles. The third kappa shape index (κ3) is 3.31. The molecule has 1 rings (SSSR count). The maximum absolute atomic E-state index is 11.1. The maximum Gasteiger partial charge on any atom is 0.330 e. The summed E-state index contributed by atoms with van der Waals surface area (Å²) in [5, 5.41) is 17.4. The molecule has 7 heteroatoms. The number of hydrogen-bond acceptors (Lipinski definition) is 5. The first kappa shape index (κ1) is 11.6. The van der Waals surface area contributed by atoms with E-state index < -0.39 is 17.4 Å². The van der Waals surface area contributed by atoms with Crippen LogP contribution in [0.4, 0.5) is 0 Å². The zero-order valence-electron chi connectivity index (χ0n) is 7.92. The molecule has 0 saturated heterocycles. The fourth-order valence-corrected chi connectivity index (χ4v) is 0.895. The average molecular weight is 216 g/mol. The van der Waals surface area contributed by atoms with E-state index in [9.17, 15) is 9.59 Å². The van der Waals surface area contributed by atoms with Crippen LogP contribution in [-0.2, 0) is 11.5 Å².